The molecule has 3 nitrogen and oxygen atoms in total. The van der Waals surface area contributed by atoms with E-state index >= 15 is 0 Å². The fraction of sp³-hybridized carbons (Fsp3) is 0.552. The number of aliphatic hydroxyl groups is 1. The SMILES string of the molecule is CC#C[C@]1(O)CC[C@H]2[C@@H]3CCC4=CC(=O)CCC4=C3[C@@H](c3ccc(N(C)C)cc3)C[C@@]21C.[HH]. The van der Waals surface area contributed by atoms with Gasteiger partial charge in [0.2, 0.25) is 0 Å². The standard InChI is InChI=1S/C29H35NO2.H2/c1-5-15-29(32)16-14-26-24-12-8-20-17-22(31)11-13-23(20)27(24)25(18-28(26,29)2)19-6-9-21(10-7-19)30(3)4;/h6-7,9-10,17,24-26,32H,8,11-14,16,18H2,1-4H3;1H/t24-,25+,26-,28-,29-;/m0./s1. The van der Waals surface area contributed by atoms with Crippen molar-refractivity contribution in [2.24, 2.45) is 17.3 Å². The van der Waals surface area contributed by atoms with E-state index in [1.54, 1.807) is 5.57 Å². The van der Waals surface area contributed by atoms with E-state index < -0.39 is 5.60 Å². The highest BCUT2D eigenvalue weighted by Gasteiger charge is 2.62. The zero-order chi connectivity index (χ0) is 22.7. The molecule has 32 heavy (non-hydrogen) atoms. The number of hydrogen-bond acceptors (Lipinski definition) is 3. The van der Waals surface area contributed by atoms with Crippen molar-refractivity contribution in [1.29, 1.82) is 0 Å². The quantitative estimate of drug-likeness (QED) is 0.615. The fourth-order valence-corrected chi connectivity index (χ4v) is 7.38. The monoisotopic (exact) mass is 431 g/mol. The summed E-state index contributed by atoms with van der Waals surface area (Å²) in [5, 5.41) is 11.7. The Hall–Kier alpha value is -2.31. The van der Waals surface area contributed by atoms with E-state index in [0.29, 0.717) is 18.3 Å². The Morgan fingerprint density at radius 1 is 1.12 bits per heavy atom. The summed E-state index contributed by atoms with van der Waals surface area (Å²) in [5.74, 6) is 7.76. The number of hydrogen-bond donors (Lipinski definition) is 1. The Bertz CT molecular complexity index is 1070. The molecule has 1 aromatic rings. The highest BCUT2D eigenvalue weighted by atomic mass is 16.3. The molecule has 0 aromatic heterocycles. The third kappa shape index (κ3) is 3.11. The van der Waals surface area contributed by atoms with Crippen LogP contribution in [0.25, 0.3) is 0 Å². The fourth-order valence-electron chi connectivity index (χ4n) is 7.38. The molecule has 0 unspecified atom stereocenters. The summed E-state index contributed by atoms with van der Waals surface area (Å²) >= 11 is 0. The van der Waals surface area contributed by atoms with Gasteiger partial charge in [-0.05, 0) is 92.2 Å². The summed E-state index contributed by atoms with van der Waals surface area (Å²) < 4.78 is 0. The maximum Gasteiger partial charge on any atom is 0.156 e. The third-order valence-electron chi connectivity index (χ3n) is 9.03. The normalized spacial score (nSPS) is 35.8. The molecule has 1 N–H and O–H groups in total. The molecule has 0 saturated heterocycles. The Morgan fingerprint density at radius 3 is 2.56 bits per heavy atom. The number of anilines is 1. The van der Waals surface area contributed by atoms with Crippen LogP contribution in [0.3, 0.4) is 0 Å². The minimum atomic E-state index is -0.914. The van der Waals surface area contributed by atoms with Gasteiger partial charge in [0, 0.05) is 39.0 Å². The van der Waals surface area contributed by atoms with Crippen LogP contribution in [0.4, 0.5) is 5.69 Å². The van der Waals surface area contributed by atoms with Gasteiger partial charge in [-0.3, -0.25) is 4.79 Å². The van der Waals surface area contributed by atoms with Gasteiger partial charge in [-0.15, -0.1) is 5.92 Å². The second-order valence-corrected chi connectivity index (χ2v) is 10.8. The molecule has 3 heteroatoms. The topological polar surface area (TPSA) is 40.5 Å². The molecule has 4 aliphatic rings. The first-order valence-corrected chi connectivity index (χ1v) is 12.2. The van der Waals surface area contributed by atoms with Gasteiger partial charge >= 0.3 is 0 Å². The van der Waals surface area contributed by atoms with E-state index in [1.807, 2.05) is 13.0 Å². The number of fused-ring (bicyclic) bond motifs is 4. The number of rotatable bonds is 2. The second kappa shape index (κ2) is 7.63. The number of allylic oxidation sites excluding steroid dienone is 4. The average Bonchev–Trinajstić information content (AvgIpc) is 3.03. The van der Waals surface area contributed by atoms with Crippen molar-refractivity contribution in [3.05, 3.63) is 52.6 Å². The predicted molar refractivity (Wildman–Crippen MR) is 132 cm³/mol. The van der Waals surface area contributed by atoms with Crippen LogP contribution in [0.5, 0.6) is 0 Å². The molecule has 5 rings (SSSR count). The van der Waals surface area contributed by atoms with Crippen LogP contribution in [0.2, 0.25) is 0 Å². The first-order chi connectivity index (χ1) is 15.3. The molecule has 1 aromatic carbocycles. The molecule has 0 radical (unpaired) electrons. The van der Waals surface area contributed by atoms with Crippen LogP contribution >= 0.6 is 0 Å². The molecule has 2 fully saturated rings. The molecule has 5 atom stereocenters. The van der Waals surface area contributed by atoms with Gasteiger partial charge in [-0.25, -0.2) is 0 Å². The van der Waals surface area contributed by atoms with E-state index in [0.717, 1.165) is 38.5 Å². The van der Waals surface area contributed by atoms with Gasteiger partial charge in [-0.1, -0.05) is 30.6 Å². The summed E-state index contributed by atoms with van der Waals surface area (Å²) in [7, 11) is 4.14. The molecule has 0 aliphatic heterocycles. The van der Waals surface area contributed by atoms with Crippen molar-refractivity contribution < 1.29 is 11.3 Å². The summed E-state index contributed by atoms with van der Waals surface area (Å²) in [5.41, 5.74) is 5.71. The van der Waals surface area contributed by atoms with Crippen molar-refractivity contribution in [3.8, 4) is 11.8 Å². The zero-order valence-electron chi connectivity index (χ0n) is 19.9. The van der Waals surface area contributed by atoms with Crippen LogP contribution in [0.15, 0.2) is 47.1 Å². The largest absolute Gasteiger partial charge is 0.378 e. The maximum atomic E-state index is 12.2. The van der Waals surface area contributed by atoms with E-state index in [9.17, 15) is 9.90 Å². The third-order valence-corrected chi connectivity index (χ3v) is 9.03. The van der Waals surface area contributed by atoms with Crippen molar-refractivity contribution in [2.45, 2.75) is 70.3 Å². The van der Waals surface area contributed by atoms with Crippen molar-refractivity contribution in [1.82, 2.24) is 0 Å². The first kappa shape index (κ1) is 21.5. The summed E-state index contributed by atoms with van der Waals surface area (Å²) in [6.45, 7) is 4.15. The van der Waals surface area contributed by atoms with E-state index in [2.05, 4.69) is 62.0 Å². The molecule has 2 saturated carbocycles. The maximum absolute atomic E-state index is 12.2. The predicted octanol–water partition coefficient (Wildman–Crippen LogP) is 5.65. The van der Waals surface area contributed by atoms with Crippen LogP contribution in [0.1, 0.15) is 71.7 Å². The van der Waals surface area contributed by atoms with Crippen molar-refractivity contribution in [3.63, 3.8) is 0 Å². The number of carbonyl (C=O) groups excluding carboxylic acids is 1. The van der Waals surface area contributed by atoms with Gasteiger partial charge in [0.25, 0.3) is 0 Å². The van der Waals surface area contributed by atoms with Gasteiger partial charge in [0.05, 0.1) is 0 Å². The van der Waals surface area contributed by atoms with Crippen LogP contribution < -0.4 is 4.90 Å². The summed E-state index contributed by atoms with van der Waals surface area (Å²) in [6, 6.07) is 8.97. The molecular formula is C29H37NO2. The number of carbonyl (C=O) groups is 1. The van der Waals surface area contributed by atoms with E-state index in [1.165, 1.54) is 22.4 Å². The first-order valence-electron chi connectivity index (χ1n) is 12.2. The van der Waals surface area contributed by atoms with Gasteiger partial charge in [0.15, 0.2) is 5.78 Å². The molecule has 170 valence electrons. The van der Waals surface area contributed by atoms with Crippen LogP contribution in [-0.4, -0.2) is 30.6 Å². The number of ketones is 1. The lowest BCUT2D eigenvalue weighted by Crippen LogP contribution is -2.51. The Balaban J connectivity index is 0.00000259. The number of nitrogens with zero attached hydrogens (tertiary/aromatic N) is 1. The smallest absolute Gasteiger partial charge is 0.156 e. The number of benzene rings is 1. The molecule has 0 bridgehead atoms. The summed E-state index contributed by atoms with van der Waals surface area (Å²) in [4.78, 5) is 14.3. The van der Waals surface area contributed by atoms with Crippen LogP contribution in [0, 0.1) is 29.1 Å². The van der Waals surface area contributed by atoms with E-state index in [-0.39, 0.29) is 18.5 Å². The highest BCUT2D eigenvalue weighted by Crippen LogP contribution is 2.66. The zero-order valence-corrected chi connectivity index (χ0v) is 19.9. The van der Waals surface area contributed by atoms with Crippen molar-refractivity contribution in [2.75, 3.05) is 19.0 Å². The molecule has 0 amide bonds. The minimum Gasteiger partial charge on any atom is -0.378 e. The Morgan fingerprint density at radius 2 is 1.88 bits per heavy atom. The lowest BCUT2D eigenvalue weighted by atomic mass is 9.51. The lowest BCUT2D eigenvalue weighted by Gasteiger charge is -2.53. The minimum absolute atomic E-state index is 0. The molecule has 4 aliphatic carbocycles. The lowest BCUT2D eigenvalue weighted by molar-refractivity contribution is -0.114. The average molecular weight is 432 g/mol. The second-order valence-electron chi connectivity index (χ2n) is 10.8. The Kier molecular flexibility index (Phi) is 5.13. The van der Waals surface area contributed by atoms with Crippen molar-refractivity contribution >= 4 is 11.5 Å². The molecular weight excluding hydrogens is 394 g/mol. The van der Waals surface area contributed by atoms with Gasteiger partial charge < -0.3 is 10.0 Å². The highest BCUT2D eigenvalue weighted by molar-refractivity contribution is 5.93. The molecule has 0 heterocycles. The van der Waals surface area contributed by atoms with E-state index in [4.69, 9.17) is 0 Å². The summed E-state index contributed by atoms with van der Waals surface area (Å²) in [6.07, 6.45) is 8.23. The van der Waals surface area contributed by atoms with Crippen LogP contribution in [-0.2, 0) is 4.79 Å². The Labute approximate surface area is 194 Å². The van der Waals surface area contributed by atoms with Gasteiger partial charge in [0.1, 0.15) is 5.60 Å². The van der Waals surface area contributed by atoms with Gasteiger partial charge in [-0.2, -0.15) is 0 Å². The molecule has 0 spiro atoms.